The molecule has 1 heterocycles. The van der Waals surface area contributed by atoms with Gasteiger partial charge in [0.05, 0.1) is 13.2 Å². The number of ether oxygens (including phenoxy) is 1. The molecule has 1 aliphatic heterocycles. The van der Waals surface area contributed by atoms with Gasteiger partial charge in [0.1, 0.15) is 0 Å². The second-order valence-corrected chi connectivity index (χ2v) is 3.38. The summed E-state index contributed by atoms with van der Waals surface area (Å²) in [4.78, 5) is 2.44. The van der Waals surface area contributed by atoms with Crippen molar-refractivity contribution in [3.05, 3.63) is 0 Å². The molecule has 0 unspecified atom stereocenters. The number of hydrogen-bond acceptors (Lipinski definition) is 2. The van der Waals surface area contributed by atoms with Gasteiger partial charge in [-0.1, -0.05) is 0 Å². The van der Waals surface area contributed by atoms with Gasteiger partial charge >= 0.3 is 0 Å². The van der Waals surface area contributed by atoms with Gasteiger partial charge in [0.15, 0.2) is 0 Å². The summed E-state index contributed by atoms with van der Waals surface area (Å²) in [5, 5.41) is 0. The van der Waals surface area contributed by atoms with Crippen molar-refractivity contribution >= 4 is 11.6 Å². The summed E-state index contributed by atoms with van der Waals surface area (Å²) in [5.41, 5.74) is 0. The van der Waals surface area contributed by atoms with Crippen LogP contribution in [0.1, 0.15) is 13.3 Å². The van der Waals surface area contributed by atoms with E-state index in [4.69, 9.17) is 16.3 Å². The van der Waals surface area contributed by atoms with E-state index in [-0.39, 0.29) is 0 Å². The molecule has 0 aliphatic carbocycles. The third-order valence-corrected chi connectivity index (χ3v) is 2.35. The summed E-state index contributed by atoms with van der Waals surface area (Å²) in [5.74, 6) is 0.768. The Labute approximate surface area is 73.5 Å². The quantitative estimate of drug-likeness (QED) is 0.604. The highest BCUT2D eigenvalue weighted by Crippen LogP contribution is 2.06. The lowest BCUT2D eigenvalue weighted by molar-refractivity contribution is 0.00000442. The Morgan fingerprint density at radius 1 is 1.64 bits per heavy atom. The van der Waals surface area contributed by atoms with Crippen LogP contribution in [0.4, 0.5) is 0 Å². The smallest absolute Gasteiger partial charge is 0.0619 e. The van der Waals surface area contributed by atoms with E-state index in [1.165, 1.54) is 0 Å². The fourth-order valence-electron chi connectivity index (χ4n) is 1.36. The second-order valence-electron chi connectivity index (χ2n) is 3.00. The average molecular weight is 178 g/mol. The molecule has 0 aromatic rings. The minimum Gasteiger partial charge on any atom is -0.379 e. The number of rotatable bonds is 3. The molecule has 0 radical (unpaired) electrons. The Morgan fingerprint density at radius 2 is 2.45 bits per heavy atom. The number of alkyl halides is 1. The van der Waals surface area contributed by atoms with Crippen molar-refractivity contribution in [3.63, 3.8) is 0 Å². The first-order chi connectivity index (χ1) is 5.34. The zero-order valence-corrected chi connectivity index (χ0v) is 7.81. The van der Waals surface area contributed by atoms with Crippen molar-refractivity contribution < 1.29 is 4.74 Å². The molecule has 0 bridgehead atoms. The number of hydrogen-bond donors (Lipinski definition) is 0. The number of nitrogens with zero attached hydrogens (tertiary/aromatic N) is 1. The minimum atomic E-state index is 0.576. The lowest BCUT2D eigenvalue weighted by atomic mass is 10.2. The first-order valence-electron chi connectivity index (χ1n) is 4.22. The van der Waals surface area contributed by atoms with E-state index in [1.54, 1.807) is 0 Å². The largest absolute Gasteiger partial charge is 0.379 e. The topological polar surface area (TPSA) is 12.5 Å². The van der Waals surface area contributed by atoms with Gasteiger partial charge < -0.3 is 4.74 Å². The summed E-state index contributed by atoms with van der Waals surface area (Å²) < 4.78 is 5.32. The lowest BCUT2D eigenvalue weighted by Gasteiger charge is -2.32. The standard InChI is InChI=1S/C8H16ClNO/c1-8-7-11-6-5-10(8)4-2-3-9/h8H,2-7H2,1H3/t8-/m0/s1. The van der Waals surface area contributed by atoms with Crippen molar-refractivity contribution in [2.75, 3.05) is 32.2 Å². The zero-order chi connectivity index (χ0) is 8.10. The molecule has 11 heavy (non-hydrogen) atoms. The van der Waals surface area contributed by atoms with Gasteiger partial charge in [-0.05, 0) is 19.9 Å². The van der Waals surface area contributed by atoms with Crippen LogP contribution in [-0.4, -0.2) is 43.1 Å². The summed E-state index contributed by atoms with van der Waals surface area (Å²) >= 11 is 5.61. The number of morpholine rings is 1. The van der Waals surface area contributed by atoms with Crippen LogP contribution in [0.5, 0.6) is 0 Å². The highest BCUT2D eigenvalue weighted by atomic mass is 35.5. The highest BCUT2D eigenvalue weighted by Gasteiger charge is 2.17. The molecule has 1 rings (SSSR count). The van der Waals surface area contributed by atoms with Gasteiger partial charge in [0, 0.05) is 18.5 Å². The molecule has 1 fully saturated rings. The van der Waals surface area contributed by atoms with Crippen LogP contribution in [-0.2, 0) is 4.74 Å². The maximum atomic E-state index is 5.61. The second kappa shape index (κ2) is 4.96. The predicted octanol–water partition coefficient (Wildman–Crippen LogP) is 1.34. The van der Waals surface area contributed by atoms with Crippen LogP contribution < -0.4 is 0 Å². The van der Waals surface area contributed by atoms with E-state index in [0.29, 0.717) is 6.04 Å². The molecule has 1 aliphatic rings. The Balaban J connectivity index is 2.18. The maximum Gasteiger partial charge on any atom is 0.0619 e. The van der Waals surface area contributed by atoms with Crippen LogP contribution in [0.15, 0.2) is 0 Å². The molecule has 0 amide bonds. The van der Waals surface area contributed by atoms with E-state index >= 15 is 0 Å². The summed E-state index contributed by atoms with van der Waals surface area (Å²) in [6, 6.07) is 0.576. The minimum absolute atomic E-state index is 0.576. The summed E-state index contributed by atoms with van der Waals surface area (Å²) in [7, 11) is 0. The third kappa shape index (κ3) is 2.97. The Kier molecular flexibility index (Phi) is 4.20. The Bertz CT molecular complexity index is 110. The van der Waals surface area contributed by atoms with E-state index < -0.39 is 0 Å². The molecule has 66 valence electrons. The SMILES string of the molecule is C[C@H]1COCCN1CCCCl. The molecule has 0 aromatic heterocycles. The van der Waals surface area contributed by atoms with Crippen molar-refractivity contribution in [2.24, 2.45) is 0 Å². The fraction of sp³-hybridized carbons (Fsp3) is 1.00. The van der Waals surface area contributed by atoms with Crippen molar-refractivity contribution in [1.82, 2.24) is 4.90 Å². The molecule has 0 aromatic carbocycles. The lowest BCUT2D eigenvalue weighted by Crippen LogP contribution is -2.44. The Morgan fingerprint density at radius 3 is 3.09 bits per heavy atom. The predicted molar refractivity (Wildman–Crippen MR) is 47.2 cm³/mol. The van der Waals surface area contributed by atoms with Gasteiger partial charge in [-0.3, -0.25) is 4.90 Å². The molecule has 3 heteroatoms. The van der Waals surface area contributed by atoms with Crippen LogP contribution in [0.25, 0.3) is 0 Å². The molecule has 2 nitrogen and oxygen atoms in total. The van der Waals surface area contributed by atoms with Gasteiger partial charge in [0.25, 0.3) is 0 Å². The van der Waals surface area contributed by atoms with Gasteiger partial charge in [-0.25, -0.2) is 0 Å². The molecular weight excluding hydrogens is 162 g/mol. The fourth-order valence-corrected chi connectivity index (χ4v) is 1.48. The maximum absolute atomic E-state index is 5.61. The van der Waals surface area contributed by atoms with Crippen molar-refractivity contribution in [3.8, 4) is 0 Å². The van der Waals surface area contributed by atoms with Crippen LogP contribution in [0.2, 0.25) is 0 Å². The van der Waals surface area contributed by atoms with Gasteiger partial charge in [0.2, 0.25) is 0 Å². The van der Waals surface area contributed by atoms with E-state index in [0.717, 1.165) is 38.6 Å². The molecule has 0 N–H and O–H groups in total. The molecule has 0 saturated carbocycles. The summed E-state index contributed by atoms with van der Waals surface area (Å²) in [6.07, 6.45) is 1.09. The molecule has 1 saturated heterocycles. The monoisotopic (exact) mass is 177 g/mol. The van der Waals surface area contributed by atoms with E-state index in [2.05, 4.69) is 11.8 Å². The van der Waals surface area contributed by atoms with Gasteiger partial charge in [-0.15, -0.1) is 11.6 Å². The van der Waals surface area contributed by atoms with Gasteiger partial charge in [-0.2, -0.15) is 0 Å². The summed E-state index contributed by atoms with van der Waals surface area (Å²) in [6.45, 7) is 6.15. The average Bonchev–Trinajstić information content (AvgIpc) is 2.03. The number of halogens is 1. The zero-order valence-electron chi connectivity index (χ0n) is 7.05. The third-order valence-electron chi connectivity index (χ3n) is 2.08. The van der Waals surface area contributed by atoms with Crippen molar-refractivity contribution in [1.29, 1.82) is 0 Å². The van der Waals surface area contributed by atoms with Crippen LogP contribution in [0, 0.1) is 0 Å². The van der Waals surface area contributed by atoms with E-state index in [9.17, 15) is 0 Å². The Hall–Kier alpha value is 0.210. The normalized spacial score (nSPS) is 27.3. The molecule has 0 spiro atoms. The molecular formula is C8H16ClNO. The first kappa shape index (κ1) is 9.30. The van der Waals surface area contributed by atoms with Crippen LogP contribution in [0.3, 0.4) is 0 Å². The van der Waals surface area contributed by atoms with Crippen molar-refractivity contribution in [2.45, 2.75) is 19.4 Å². The highest BCUT2D eigenvalue weighted by molar-refractivity contribution is 6.17. The first-order valence-corrected chi connectivity index (χ1v) is 4.76. The van der Waals surface area contributed by atoms with E-state index in [1.807, 2.05) is 0 Å². The van der Waals surface area contributed by atoms with Crippen LogP contribution >= 0.6 is 11.6 Å². The molecule has 1 atom stereocenters.